The molecular formula is C11H16BrNO2S2. The molecule has 17 heavy (non-hydrogen) atoms. The minimum absolute atomic E-state index is 0.0983. The second-order valence-electron chi connectivity index (χ2n) is 4.66. The summed E-state index contributed by atoms with van der Waals surface area (Å²) >= 11 is 4.63. The lowest BCUT2D eigenvalue weighted by atomic mass is 10.1. The van der Waals surface area contributed by atoms with Crippen molar-refractivity contribution in [3.63, 3.8) is 0 Å². The van der Waals surface area contributed by atoms with E-state index < -0.39 is 10.0 Å². The number of halogens is 1. The van der Waals surface area contributed by atoms with Gasteiger partial charge < -0.3 is 0 Å². The summed E-state index contributed by atoms with van der Waals surface area (Å²) in [5.41, 5.74) is 0.967. The lowest BCUT2D eigenvalue weighted by Gasteiger charge is -2.16. The van der Waals surface area contributed by atoms with Crippen LogP contribution in [0.4, 0.5) is 0 Å². The van der Waals surface area contributed by atoms with Crippen molar-refractivity contribution >= 4 is 37.3 Å². The summed E-state index contributed by atoms with van der Waals surface area (Å²) in [6.45, 7) is 4.01. The molecule has 2 atom stereocenters. The summed E-state index contributed by atoms with van der Waals surface area (Å²) in [6.07, 6.45) is 3.17. The molecule has 1 heterocycles. The highest BCUT2D eigenvalue weighted by Gasteiger charge is 2.29. The van der Waals surface area contributed by atoms with Crippen molar-refractivity contribution in [1.82, 2.24) is 4.72 Å². The summed E-state index contributed by atoms with van der Waals surface area (Å²) < 4.78 is 28.5. The highest BCUT2D eigenvalue weighted by molar-refractivity contribution is 9.11. The standard InChI is InChI=1S/C11H16BrNO2S2/c1-7-4-3-5-9(7)13-17(14,15)10-6-8(2)11(12)16-10/h6-7,9,13H,3-5H2,1-2H3. The van der Waals surface area contributed by atoms with Gasteiger partial charge in [-0.2, -0.15) is 0 Å². The van der Waals surface area contributed by atoms with Crippen LogP contribution in [0, 0.1) is 12.8 Å². The minimum atomic E-state index is -3.34. The Hall–Kier alpha value is 0.0900. The Morgan fingerprint density at radius 2 is 2.18 bits per heavy atom. The Labute approximate surface area is 115 Å². The van der Waals surface area contributed by atoms with E-state index >= 15 is 0 Å². The summed E-state index contributed by atoms with van der Waals surface area (Å²) in [6, 6.07) is 1.82. The maximum Gasteiger partial charge on any atom is 0.250 e. The Balaban J connectivity index is 2.19. The van der Waals surface area contributed by atoms with E-state index in [1.165, 1.54) is 11.3 Å². The van der Waals surface area contributed by atoms with Gasteiger partial charge in [-0.15, -0.1) is 11.3 Å². The Bertz CT molecular complexity index is 490. The zero-order valence-electron chi connectivity index (χ0n) is 9.86. The van der Waals surface area contributed by atoms with Gasteiger partial charge in [-0.05, 0) is 53.2 Å². The normalized spacial score (nSPS) is 25.4. The molecule has 1 aliphatic rings. The van der Waals surface area contributed by atoms with Gasteiger partial charge >= 0.3 is 0 Å². The van der Waals surface area contributed by atoms with Gasteiger partial charge in [0.1, 0.15) is 4.21 Å². The van der Waals surface area contributed by atoms with Crippen LogP contribution in [0.2, 0.25) is 0 Å². The average Bonchev–Trinajstić information content (AvgIpc) is 2.76. The molecule has 0 amide bonds. The van der Waals surface area contributed by atoms with Crippen molar-refractivity contribution in [3.8, 4) is 0 Å². The monoisotopic (exact) mass is 337 g/mol. The van der Waals surface area contributed by atoms with E-state index in [1.807, 2.05) is 6.92 Å². The molecule has 0 aromatic carbocycles. The molecule has 2 rings (SSSR count). The van der Waals surface area contributed by atoms with Crippen molar-refractivity contribution < 1.29 is 8.42 Å². The van der Waals surface area contributed by atoms with Crippen molar-refractivity contribution in [3.05, 3.63) is 15.4 Å². The number of aryl methyl sites for hydroxylation is 1. The van der Waals surface area contributed by atoms with Crippen LogP contribution < -0.4 is 4.72 Å². The quantitative estimate of drug-likeness (QED) is 0.919. The van der Waals surface area contributed by atoms with E-state index in [-0.39, 0.29) is 6.04 Å². The van der Waals surface area contributed by atoms with E-state index in [0.29, 0.717) is 10.1 Å². The van der Waals surface area contributed by atoms with Crippen LogP contribution in [0.1, 0.15) is 31.7 Å². The van der Waals surface area contributed by atoms with Gasteiger partial charge in [0, 0.05) is 6.04 Å². The Morgan fingerprint density at radius 3 is 2.65 bits per heavy atom. The molecule has 0 bridgehead atoms. The first-order chi connectivity index (χ1) is 7.90. The molecule has 0 aliphatic heterocycles. The van der Waals surface area contributed by atoms with E-state index in [1.54, 1.807) is 6.07 Å². The zero-order chi connectivity index (χ0) is 12.6. The predicted octanol–water partition coefficient (Wildman–Crippen LogP) is 3.29. The molecular weight excluding hydrogens is 322 g/mol. The van der Waals surface area contributed by atoms with Gasteiger partial charge in [0.05, 0.1) is 3.79 Å². The first-order valence-electron chi connectivity index (χ1n) is 5.68. The maximum atomic E-state index is 12.2. The molecule has 1 aliphatic carbocycles. The number of hydrogen-bond acceptors (Lipinski definition) is 3. The summed E-state index contributed by atoms with van der Waals surface area (Å²) in [5, 5.41) is 0. The predicted molar refractivity (Wildman–Crippen MR) is 73.9 cm³/mol. The van der Waals surface area contributed by atoms with Gasteiger partial charge in [-0.25, -0.2) is 13.1 Å². The highest BCUT2D eigenvalue weighted by atomic mass is 79.9. The Kier molecular flexibility index (Phi) is 3.97. The molecule has 0 saturated heterocycles. The number of thiophene rings is 1. The fourth-order valence-electron chi connectivity index (χ4n) is 2.14. The summed E-state index contributed by atoms with van der Waals surface area (Å²) in [4.78, 5) is 0. The fourth-order valence-corrected chi connectivity index (χ4v) is 5.76. The molecule has 0 radical (unpaired) electrons. The van der Waals surface area contributed by atoms with Gasteiger partial charge in [0.2, 0.25) is 10.0 Å². The SMILES string of the molecule is Cc1cc(S(=O)(=O)NC2CCCC2C)sc1Br. The van der Waals surface area contributed by atoms with Crippen molar-refractivity contribution in [2.45, 2.75) is 43.4 Å². The number of hydrogen-bond donors (Lipinski definition) is 1. The van der Waals surface area contributed by atoms with Crippen LogP contribution in [-0.4, -0.2) is 14.5 Å². The third-order valence-electron chi connectivity index (χ3n) is 3.27. The van der Waals surface area contributed by atoms with Gasteiger partial charge in [-0.1, -0.05) is 13.3 Å². The summed E-state index contributed by atoms with van der Waals surface area (Å²) in [5.74, 6) is 0.439. The molecule has 1 N–H and O–H groups in total. The lowest BCUT2D eigenvalue weighted by molar-refractivity contribution is 0.477. The van der Waals surface area contributed by atoms with Crippen LogP contribution in [0.15, 0.2) is 14.1 Å². The molecule has 96 valence electrons. The molecule has 2 unspecified atom stereocenters. The van der Waals surface area contributed by atoms with Crippen molar-refractivity contribution in [1.29, 1.82) is 0 Å². The topological polar surface area (TPSA) is 46.2 Å². The molecule has 6 heteroatoms. The van der Waals surface area contributed by atoms with Gasteiger partial charge in [0.25, 0.3) is 0 Å². The Morgan fingerprint density at radius 1 is 1.47 bits per heavy atom. The first-order valence-corrected chi connectivity index (χ1v) is 8.77. The third kappa shape index (κ3) is 2.92. The molecule has 1 fully saturated rings. The molecule has 1 aromatic rings. The maximum absolute atomic E-state index is 12.2. The van der Waals surface area contributed by atoms with Gasteiger partial charge in [-0.3, -0.25) is 0 Å². The molecule has 1 aromatic heterocycles. The fraction of sp³-hybridized carbons (Fsp3) is 0.636. The number of rotatable bonds is 3. The second kappa shape index (κ2) is 4.99. The third-order valence-corrected chi connectivity index (χ3v) is 7.37. The molecule has 3 nitrogen and oxygen atoms in total. The van der Waals surface area contributed by atoms with Gasteiger partial charge in [0.15, 0.2) is 0 Å². The van der Waals surface area contributed by atoms with E-state index in [2.05, 4.69) is 27.6 Å². The lowest BCUT2D eigenvalue weighted by Crippen LogP contribution is -2.35. The first kappa shape index (κ1) is 13.5. The highest BCUT2D eigenvalue weighted by Crippen LogP contribution is 2.32. The number of sulfonamides is 1. The van der Waals surface area contributed by atoms with E-state index in [0.717, 1.165) is 28.6 Å². The van der Waals surface area contributed by atoms with Crippen molar-refractivity contribution in [2.24, 2.45) is 5.92 Å². The zero-order valence-corrected chi connectivity index (χ0v) is 13.1. The molecule has 1 saturated carbocycles. The second-order valence-corrected chi connectivity index (χ2v) is 8.97. The molecule has 0 spiro atoms. The van der Waals surface area contributed by atoms with Crippen LogP contribution in [0.3, 0.4) is 0 Å². The summed E-state index contributed by atoms with van der Waals surface area (Å²) in [7, 11) is -3.34. The smallest absolute Gasteiger partial charge is 0.207 e. The largest absolute Gasteiger partial charge is 0.250 e. The van der Waals surface area contributed by atoms with Crippen LogP contribution >= 0.6 is 27.3 Å². The van der Waals surface area contributed by atoms with E-state index in [4.69, 9.17) is 0 Å². The average molecular weight is 338 g/mol. The van der Waals surface area contributed by atoms with Crippen molar-refractivity contribution in [2.75, 3.05) is 0 Å². The van der Waals surface area contributed by atoms with E-state index in [9.17, 15) is 8.42 Å². The van der Waals surface area contributed by atoms with Crippen LogP contribution in [0.5, 0.6) is 0 Å². The number of nitrogens with one attached hydrogen (secondary N) is 1. The van der Waals surface area contributed by atoms with Crippen LogP contribution in [0.25, 0.3) is 0 Å². The van der Waals surface area contributed by atoms with Crippen LogP contribution in [-0.2, 0) is 10.0 Å². The minimum Gasteiger partial charge on any atom is -0.207 e.